The lowest BCUT2D eigenvalue weighted by molar-refractivity contribution is -0.248. The van der Waals surface area contributed by atoms with Crippen LogP contribution in [0.5, 0.6) is 0 Å². The molecule has 1 fully saturated rings. The van der Waals surface area contributed by atoms with E-state index in [2.05, 4.69) is 0 Å². The number of aliphatic hydroxyl groups is 8. The predicted octanol–water partition coefficient (Wildman–Crippen LogP) is -6.67. The van der Waals surface area contributed by atoms with Gasteiger partial charge in [0.1, 0.15) is 42.9 Å². The van der Waals surface area contributed by atoms with Crippen molar-refractivity contribution in [3.8, 4) is 0 Å². The molecule has 0 aromatic rings. The SMILES string of the molecule is N[C@@H]1C(O)O[C@H](CO)[C@@H](O)[C@@H]1O.N[C@H](C=O)[C@@H](O)[C@H](O)[C@H](O)CO. The zero-order valence-electron chi connectivity index (χ0n) is 12.7. The minimum atomic E-state index is -1.62. The topological polar surface area (TPSA) is 240 Å². The molecule has 1 aliphatic rings. The van der Waals surface area contributed by atoms with E-state index in [1.54, 1.807) is 0 Å². The normalized spacial score (nSPS) is 35.2. The van der Waals surface area contributed by atoms with Crippen LogP contribution in [0.4, 0.5) is 0 Å². The number of nitrogens with two attached hydrogens (primary N) is 2. The van der Waals surface area contributed by atoms with Crippen molar-refractivity contribution in [2.24, 2.45) is 11.5 Å². The fraction of sp³-hybridized carbons (Fsp3) is 0.917. The summed E-state index contributed by atoms with van der Waals surface area (Å²) in [7, 11) is 0. The highest BCUT2D eigenvalue weighted by molar-refractivity contribution is 5.58. The summed E-state index contributed by atoms with van der Waals surface area (Å²) < 4.78 is 4.70. The van der Waals surface area contributed by atoms with E-state index in [0.29, 0.717) is 0 Å². The molecule has 1 heterocycles. The molecule has 1 unspecified atom stereocenters. The molecule has 0 amide bonds. The average Bonchev–Trinajstić information content (AvgIpc) is 2.60. The van der Waals surface area contributed by atoms with Crippen molar-refractivity contribution < 1.29 is 50.4 Å². The quantitative estimate of drug-likeness (QED) is 0.199. The Hall–Kier alpha value is -0.770. The lowest BCUT2D eigenvalue weighted by Crippen LogP contribution is -2.61. The van der Waals surface area contributed by atoms with Crippen LogP contribution in [0.25, 0.3) is 0 Å². The van der Waals surface area contributed by atoms with Crippen molar-refractivity contribution in [3.05, 3.63) is 0 Å². The van der Waals surface area contributed by atoms with E-state index in [4.69, 9.17) is 46.8 Å². The summed E-state index contributed by atoms with van der Waals surface area (Å²) in [5, 5.41) is 71.2. The van der Waals surface area contributed by atoms with Gasteiger partial charge in [-0.25, -0.2) is 0 Å². The monoisotopic (exact) mass is 358 g/mol. The maximum atomic E-state index is 10.0. The van der Waals surface area contributed by atoms with Crippen molar-refractivity contribution in [1.29, 1.82) is 0 Å². The van der Waals surface area contributed by atoms with E-state index in [1.165, 1.54) is 0 Å². The first-order chi connectivity index (χ1) is 11.1. The van der Waals surface area contributed by atoms with Gasteiger partial charge in [-0.05, 0) is 0 Å². The van der Waals surface area contributed by atoms with Crippen LogP contribution >= 0.6 is 0 Å². The molecule has 1 saturated heterocycles. The molecule has 1 rings (SSSR count). The molecule has 1 aliphatic heterocycles. The van der Waals surface area contributed by atoms with Gasteiger partial charge in [0.15, 0.2) is 6.29 Å². The maximum absolute atomic E-state index is 10.0. The van der Waals surface area contributed by atoms with Crippen LogP contribution in [0.3, 0.4) is 0 Å². The van der Waals surface area contributed by atoms with Gasteiger partial charge in [0.2, 0.25) is 0 Å². The van der Waals surface area contributed by atoms with Gasteiger partial charge in [-0.3, -0.25) is 0 Å². The molecule has 0 aliphatic carbocycles. The second-order valence-corrected chi connectivity index (χ2v) is 5.25. The first-order valence-corrected chi connectivity index (χ1v) is 7.04. The van der Waals surface area contributed by atoms with E-state index < -0.39 is 68.2 Å². The van der Waals surface area contributed by atoms with Crippen molar-refractivity contribution in [3.63, 3.8) is 0 Å². The summed E-state index contributed by atoms with van der Waals surface area (Å²) in [4.78, 5) is 10.0. The number of ether oxygens (including phenoxy) is 1. The summed E-state index contributed by atoms with van der Waals surface area (Å²) in [6, 6.07) is -2.30. The Morgan fingerprint density at radius 1 is 1.04 bits per heavy atom. The summed E-state index contributed by atoms with van der Waals surface area (Å²) in [5.74, 6) is 0. The molecular formula is C12H26N2O10. The van der Waals surface area contributed by atoms with Gasteiger partial charge in [-0.15, -0.1) is 0 Å². The fourth-order valence-corrected chi connectivity index (χ4v) is 1.76. The number of aldehydes is 1. The molecule has 0 aromatic carbocycles. The average molecular weight is 358 g/mol. The summed E-state index contributed by atoms with van der Waals surface area (Å²) >= 11 is 0. The summed E-state index contributed by atoms with van der Waals surface area (Å²) in [5.41, 5.74) is 10.3. The molecule has 9 atom stereocenters. The standard InChI is InChI=1S/2C6H13NO5/c7-3-5(10)4(9)2(1-8)12-6(3)11;7-3(1-8)5(11)6(12)4(10)2-9/h2-6,8-11H,1,7H2;1,3-6,9-12H,2,7H2/t2-,3+,4-,5-,6?;3-,4-,5-,6-/m11/s1. The number of hydrogen-bond donors (Lipinski definition) is 10. The Labute approximate surface area is 137 Å². The Morgan fingerprint density at radius 3 is 2.00 bits per heavy atom. The van der Waals surface area contributed by atoms with E-state index in [1.807, 2.05) is 0 Å². The molecule has 12 heteroatoms. The van der Waals surface area contributed by atoms with Gasteiger partial charge in [0.05, 0.1) is 25.3 Å². The van der Waals surface area contributed by atoms with Gasteiger partial charge in [-0.1, -0.05) is 0 Å². The van der Waals surface area contributed by atoms with E-state index >= 15 is 0 Å². The number of carbonyl (C=O) groups excluding carboxylic acids is 1. The summed E-state index contributed by atoms with van der Waals surface area (Å²) in [6.45, 7) is -1.17. The Bertz CT molecular complexity index is 358. The first-order valence-electron chi connectivity index (χ1n) is 7.04. The second kappa shape index (κ2) is 11.0. The Morgan fingerprint density at radius 2 is 1.58 bits per heavy atom. The third kappa shape index (κ3) is 6.27. The minimum absolute atomic E-state index is 0.248. The Kier molecular flexibility index (Phi) is 10.6. The van der Waals surface area contributed by atoms with Gasteiger partial charge < -0.3 is 61.9 Å². The molecule has 144 valence electrons. The molecule has 0 spiro atoms. The highest BCUT2D eigenvalue weighted by Gasteiger charge is 2.41. The predicted molar refractivity (Wildman–Crippen MR) is 77.1 cm³/mol. The van der Waals surface area contributed by atoms with Crippen molar-refractivity contribution in [2.45, 2.75) is 55.0 Å². The van der Waals surface area contributed by atoms with Crippen LogP contribution in [0, 0.1) is 0 Å². The second-order valence-electron chi connectivity index (χ2n) is 5.25. The molecule has 0 aromatic heterocycles. The van der Waals surface area contributed by atoms with Crippen molar-refractivity contribution in [1.82, 2.24) is 0 Å². The molecule has 12 nitrogen and oxygen atoms in total. The zero-order valence-corrected chi connectivity index (χ0v) is 12.7. The maximum Gasteiger partial charge on any atom is 0.173 e. The van der Waals surface area contributed by atoms with Crippen LogP contribution in [0.15, 0.2) is 0 Å². The van der Waals surface area contributed by atoms with E-state index in [0.717, 1.165) is 0 Å². The highest BCUT2D eigenvalue weighted by Crippen LogP contribution is 2.17. The third-order valence-electron chi connectivity index (χ3n) is 3.43. The number of rotatable bonds is 6. The molecular weight excluding hydrogens is 332 g/mol. The van der Waals surface area contributed by atoms with Gasteiger partial charge in [0, 0.05) is 0 Å². The lowest BCUT2D eigenvalue weighted by atomic mass is 9.98. The molecule has 0 bridgehead atoms. The van der Waals surface area contributed by atoms with Gasteiger partial charge in [-0.2, -0.15) is 0 Å². The van der Waals surface area contributed by atoms with Crippen LogP contribution in [-0.4, -0.2) is 115 Å². The smallest absolute Gasteiger partial charge is 0.173 e. The van der Waals surface area contributed by atoms with Crippen LogP contribution in [-0.2, 0) is 9.53 Å². The minimum Gasteiger partial charge on any atom is -0.394 e. The van der Waals surface area contributed by atoms with Crippen molar-refractivity contribution in [2.75, 3.05) is 13.2 Å². The lowest BCUT2D eigenvalue weighted by Gasteiger charge is -2.38. The fourth-order valence-electron chi connectivity index (χ4n) is 1.76. The van der Waals surface area contributed by atoms with E-state index in [-0.39, 0.29) is 6.29 Å². The highest BCUT2D eigenvalue weighted by atomic mass is 16.6. The van der Waals surface area contributed by atoms with Crippen LogP contribution < -0.4 is 11.5 Å². The third-order valence-corrected chi connectivity index (χ3v) is 3.43. The van der Waals surface area contributed by atoms with E-state index in [9.17, 15) is 15.0 Å². The van der Waals surface area contributed by atoms with Gasteiger partial charge in [0.25, 0.3) is 0 Å². The van der Waals surface area contributed by atoms with Crippen LogP contribution in [0.1, 0.15) is 0 Å². The molecule has 0 radical (unpaired) electrons. The molecule has 24 heavy (non-hydrogen) atoms. The molecule has 0 saturated carbocycles. The first kappa shape index (κ1) is 23.2. The van der Waals surface area contributed by atoms with Crippen LogP contribution in [0.2, 0.25) is 0 Å². The van der Waals surface area contributed by atoms with Crippen molar-refractivity contribution >= 4 is 6.29 Å². The molecule has 12 N–H and O–H groups in total. The summed E-state index contributed by atoms with van der Waals surface area (Å²) in [6.07, 6.45) is -9.28. The number of carbonyl (C=O) groups is 1. The largest absolute Gasteiger partial charge is 0.394 e. The van der Waals surface area contributed by atoms with Gasteiger partial charge >= 0.3 is 0 Å². The Balaban J connectivity index is 0.000000441. The zero-order chi connectivity index (χ0) is 19.0. The number of aliphatic hydroxyl groups excluding tert-OH is 8. The number of hydrogen-bond acceptors (Lipinski definition) is 12.